The number of nitrogens with one attached hydrogen (secondary N) is 2. The fourth-order valence-electron chi connectivity index (χ4n) is 1.08. The monoisotopic (exact) mass is 216 g/mol. The van der Waals surface area contributed by atoms with Gasteiger partial charge in [0.15, 0.2) is 0 Å². The molecular weight excluding hydrogens is 196 g/mol. The van der Waals surface area contributed by atoms with Crippen LogP contribution in [0.2, 0.25) is 0 Å². The van der Waals surface area contributed by atoms with Crippen molar-refractivity contribution in [1.82, 2.24) is 10.6 Å². The molecule has 3 N–H and O–H groups in total. The summed E-state index contributed by atoms with van der Waals surface area (Å²) in [5.41, 5.74) is -0.288. The highest BCUT2D eigenvalue weighted by Gasteiger charge is 2.17. The molecule has 1 unspecified atom stereocenters. The summed E-state index contributed by atoms with van der Waals surface area (Å²) < 4.78 is 0. The molecule has 0 aliphatic heterocycles. The Labute approximate surface area is 90.2 Å². The van der Waals surface area contributed by atoms with Crippen LogP contribution in [-0.2, 0) is 9.59 Å². The Kier molecular flexibility index (Phi) is 5.28. The van der Waals surface area contributed by atoms with Crippen molar-refractivity contribution in [2.75, 3.05) is 6.54 Å². The van der Waals surface area contributed by atoms with E-state index in [1.54, 1.807) is 6.92 Å². The van der Waals surface area contributed by atoms with E-state index >= 15 is 0 Å². The van der Waals surface area contributed by atoms with E-state index in [9.17, 15) is 9.59 Å². The van der Waals surface area contributed by atoms with Gasteiger partial charge >= 0.3 is 5.97 Å². The average Bonchev–Trinajstić information content (AvgIpc) is 2.01. The minimum atomic E-state index is -0.930. The number of carboxylic acid groups (broad SMARTS) is 1. The third kappa shape index (κ3) is 6.90. The lowest BCUT2D eigenvalue weighted by molar-refractivity contribution is -0.139. The molecule has 0 heterocycles. The number of hydrogen-bond acceptors (Lipinski definition) is 3. The number of carboxylic acids is 1. The van der Waals surface area contributed by atoms with Gasteiger partial charge in [-0.2, -0.15) is 0 Å². The van der Waals surface area contributed by atoms with Gasteiger partial charge in [-0.3, -0.25) is 14.9 Å². The first-order chi connectivity index (χ1) is 6.76. The zero-order valence-electron chi connectivity index (χ0n) is 9.76. The van der Waals surface area contributed by atoms with Crippen molar-refractivity contribution >= 4 is 11.9 Å². The number of carbonyl (C=O) groups excluding carboxylic acids is 1. The lowest BCUT2D eigenvalue weighted by Crippen LogP contribution is -2.48. The summed E-state index contributed by atoms with van der Waals surface area (Å²) in [6.45, 7) is 7.41. The molecule has 88 valence electrons. The molecule has 1 atom stereocenters. The third-order valence-electron chi connectivity index (χ3n) is 1.73. The highest BCUT2D eigenvalue weighted by molar-refractivity contribution is 5.80. The molecule has 0 saturated heterocycles. The van der Waals surface area contributed by atoms with Gasteiger partial charge in [-0.05, 0) is 27.2 Å². The fourth-order valence-corrected chi connectivity index (χ4v) is 1.08. The van der Waals surface area contributed by atoms with E-state index in [1.165, 1.54) is 0 Å². The summed E-state index contributed by atoms with van der Waals surface area (Å²) >= 11 is 0. The van der Waals surface area contributed by atoms with Crippen LogP contribution in [0.1, 0.15) is 34.1 Å². The van der Waals surface area contributed by atoms with Gasteiger partial charge in [0.1, 0.15) is 6.04 Å². The number of aliphatic carboxylic acids is 1. The largest absolute Gasteiger partial charge is 0.480 e. The van der Waals surface area contributed by atoms with E-state index in [0.29, 0.717) is 6.42 Å². The summed E-state index contributed by atoms with van der Waals surface area (Å²) in [5.74, 6) is -1.12. The Hall–Kier alpha value is -1.10. The van der Waals surface area contributed by atoms with Crippen LogP contribution in [-0.4, -0.2) is 35.1 Å². The van der Waals surface area contributed by atoms with Gasteiger partial charge in [0, 0.05) is 5.54 Å². The quantitative estimate of drug-likeness (QED) is 0.620. The van der Waals surface area contributed by atoms with Crippen LogP contribution in [0.4, 0.5) is 0 Å². The molecule has 5 nitrogen and oxygen atoms in total. The van der Waals surface area contributed by atoms with Crippen molar-refractivity contribution in [1.29, 1.82) is 0 Å². The second-order valence-corrected chi connectivity index (χ2v) is 4.48. The molecular formula is C10H20N2O3. The van der Waals surface area contributed by atoms with Crippen molar-refractivity contribution in [2.45, 2.75) is 45.7 Å². The normalized spacial score (nSPS) is 13.3. The van der Waals surface area contributed by atoms with Crippen LogP contribution in [0, 0.1) is 0 Å². The molecule has 15 heavy (non-hydrogen) atoms. The first-order valence-electron chi connectivity index (χ1n) is 5.03. The zero-order valence-corrected chi connectivity index (χ0v) is 9.76. The molecule has 0 fully saturated rings. The van der Waals surface area contributed by atoms with Crippen molar-refractivity contribution in [3.8, 4) is 0 Å². The minimum Gasteiger partial charge on any atom is -0.480 e. The molecule has 0 spiro atoms. The van der Waals surface area contributed by atoms with Crippen LogP contribution in [0.15, 0.2) is 0 Å². The predicted molar refractivity (Wildman–Crippen MR) is 57.6 cm³/mol. The maximum absolute atomic E-state index is 11.3. The maximum atomic E-state index is 11.3. The van der Waals surface area contributed by atoms with E-state index in [0.717, 1.165) is 0 Å². The van der Waals surface area contributed by atoms with Crippen molar-refractivity contribution in [3.63, 3.8) is 0 Å². The Balaban J connectivity index is 3.94. The topological polar surface area (TPSA) is 78.4 Å². The Morgan fingerprint density at radius 3 is 2.20 bits per heavy atom. The number of amides is 1. The van der Waals surface area contributed by atoms with Crippen molar-refractivity contribution < 1.29 is 14.7 Å². The molecule has 0 radical (unpaired) electrons. The molecule has 0 saturated carbocycles. The summed E-state index contributed by atoms with van der Waals surface area (Å²) in [5, 5.41) is 14.1. The minimum absolute atomic E-state index is 0.0298. The molecule has 0 rings (SSSR count). The van der Waals surface area contributed by atoms with E-state index in [1.807, 2.05) is 20.8 Å². The molecule has 0 aliphatic rings. The SMILES string of the molecule is CCC(NCC(=O)NC(C)(C)C)C(=O)O. The first kappa shape index (κ1) is 13.9. The number of rotatable bonds is 5. The molecule has 1 amide bonds. The van der Waals surface area contributed by atoms with Crippen molar-refractivity contribution in [3.05, 3.63) is 0 Å². The summed E-state index contributed by atoms with van der Waals surface area (Å²) in [4.78, 5) is 22.0. The van der Waals surface area contributed by atoms with E-state index in [2.05, 4.69) is 10.6 Å². The number of carbonyl (C=O) groups is 2. The molecule has 0 aromatic carbocycles. The molecule has 0 aromatic heterocycles. The van der Waals surface area contributed by atoms with Gasteiger partial charge in [-0.15, -0.1) is 0 Å². The Morgan fingerprint density at radius 1 is 1.33 bits per heavy atom. The van der Waals surface area contributed by atoms with Crippen LogP contribution in [0.3, 0.4) is 0 Å². The predicted octanol–water partition coefficient (Wildman–Crippen LogP) is 0.354. The van der Waals surface area contributed by atoms with Gasteiger partial charge in [-0.1, -0.05) is 6.92 Å². The van der Waals surface area contributed by atoms with E-state index in [4.69, 9.17) is 5.11 Å². The molecule has 0 bridgehead atoms. The summed E-state index contributed by atoms with van der Waals surface area (Å²) in [7, 11) is 0. The van der Waals surface area contributed by atoms with Crippen LogP contribution in [0.5, 0.6) is 0 Å². The number of hydrogen-bond donors (Lipinski definition) is 3. The highest BCUT2D eigenvalue weighted by Crippen LogP contribution is 1.97. The third-order valence-corrected chi connectivity index (χ3v) is 1.73. The van der Waals surface area contributed by atoms with Gasteiger partial charge in [0.05, 0.1) is 6.54 Å². The van der Waals surface area contributed by atoms with Gasteiger partial charge in [-0.25, -0.2) is 0 Å². The van der Waals surface area contributed by atoms with Gasteiger partial charge in [0.25, 0.3) is 0 Å². The average molecular weight is 216 g/mol. The van der Waals surface area contributed by atoms with Crippen LogP contribution in [0.25, 0.3) is 0 Å². The highest BCUT2D eigenvalue weighted by atomic mass is 16.4. The Bertz CT molecular complexity index is 233. The van der Waals surface area contributed by atoms with Crippen LogP contribution < -0.4 is 10.6 Å². The molecule has 0 aromatic rings. The lowest BCUT2D eigenvalue weighted by atomic mass is 10.1. The molecule has 5 heteroatoms. The molecule has 0 aliphatic carbocycles. The Morgan fingerprint density at radius 2 is 1.87 bits per heavy atom. The second kappa shape index (κ2) is 5.70. The second-order valence-electron chi connectivity index (χ2n) is 4.48. The van der Waals surface area contributed by atoms with E-state index < -0.39 is 12.0 Å². The van der Waals surface area contributed by atoms with Crippen molar-refractivity contribution in [2.24, 2.45) is 0 Å². The standard InChI is InChI=1S/C10H20N2O3/c1-5-7(9(14)15)11-6-8(13)12-10(2,3)4/h7,11H,5-6H2,1-4H3,(H,12,13)(H,14,15). The van der Waals surface area contributed by atoms with Gasteiger partial charge in [0.2, 0.25) is 5.91 Å². The zero-order chi connectivity index (χ0) is 12.1. The summed E-state index contributed by atoms with van der Waals surface area (Å²) in [6.07, 6.45) is 0.456. The first-order valence-corrected chi connectivity index (χ1v) is 5.03. The van der Waals surface area contributed by atoms with Crippen LogP contribution >= 0.6 is 0 Å². The smallest absolute Gasteiger partial charge is 0.320 e. The lowest BCUT2D eigenvalue weighted by Gasteiger charge is -2.21. The fraction of sp³-hybridized carbons (Fsp3) is 0.800. The summed E-state index contributed by atoms with van der Waals surface area (Å²) in [6, 6.07) is -0.657. The van der Waals surface area contributed by atoms with Gasteiger partial charge < -0.3 is 10.4 Å². The maximum Gasteiger partial charge on any atom is 0.320 e. The van der Waals surface area contributed by atoms with E-state index in [-0.39, 0.29) is 18.0 Å².